The Bertz CT molecular complexity index is 962. The first kappa shape index (κ1) is 16.7. The Morgan fingerprint density at radius 2 is 1.96 bits per heavy atom. The van der Waals surface area contributed by atoms with Crippen LogP contribution < -0.4 is 5.56 Å². The molecule has 0 saturated carbocycles. The first-order valence-corrected chi connectivity index (χ1v) is 9.65. The number of benzene rings is 1. The molecule has 1 N–H and O–H groups in total. The van der Waals surface area contributed by atoms with Crippen LogP contribution in [0.3, 0.4) is 0 Å². The Labute approximate surface area is 140 Å². The van der Waals surface area contributed by atoms with Crippen LogP contribution in [0.25, 0.3) is 10.9 Å². The molecule has 1 aliphatic heterocycles. The fourth-order valence-electron chi connectivity index (χ4n) is 3.10. The average Bonchev–Trinajstić information content (AvgIpc) is 2.66. The predicted molar refractivity (Wildman–Crippen MR) is 93.1 cm³/mol. The van der Waals surface area contributed by atoms with Gasteiger partial charge in [0.1, 0.15) is 5.56 Å². The van der Waals surface area contributed by atoms with Gasteiger partial charge in [0.15, 0.2) is 9.84 Å². The van der Waals surface area contributed by atoms with E-state index in [4.69, 9.17) is 0 Å². The second-order valence-electron chi connectivity index (χ2n) is 6.26. The zero-order chi connectivity index (χ0) is 17.5. The van der Waals surface area contributed by atoms with Gasteiger partial charge in [-0.05, 0) is 31.9 Å². The van der Waals surface area contributed by atoms with Crippen molar-refractivity contribution in [2.45, 2.75) is 25.5 Å². The van der Waals surface area contributed by atoms with Gasteiger partial charge in [-0.15, -0.1) is 0 Å². The van der Waals surface area contributed by atoms with Crippen LogP contribution in [0.4, 0.5) is 0 Å². The number of pyridine rings is 1. The molecule has 128 valence electrons. The number of aromatic nitrogens is 1. The lowest BCUT2D eigenvalue weighted by Crippen LogP contribution is -2.37. The number of fused-ring (bicyclic) bond motifs is 1. The fraction of sp³-hybridized carbons (Fsp3) is 0.412. The lowest BCUT2D eigenvalue weighted by atomic mass is 10.0. The smallest absolute Gasteiger partial charge is 0.261 e. The molecule has 0 unspecified atom stereocenters. The number of hydrogen-bond acceptors (Lipinski definition) is 4. The van der Waals surface area contributed by atoms with Crippen molar-refractivity contribution in [1.82, 2.24) is 9.88 Å². The first-order chi connectivity index (χ1) is 11.3. The fourth-order valence-corrected chi connectivity index (χ4v) is 4.44. The summed E-state index contributed by atoms with van der Waals surface area (Å²) in [4.78, 5) is 29.5. The number of rotatable bonds is 1. The second-order valence-corrected chi connectivity index (χ2v) is 8.80. The van der Waals surface area contributed by atoms with Gasteiger partial charge < -0.3 is 9.88 Å². The predicted octanol–water partition coefficient (Wildman–Crippen LogP) is 1.49. The highest BCUT2D eigenvalue weighted by Gasteiger charge is 2.30. The number of hydrogen-bond donors (Lipinski definition) is 1. The van der Waals surface area contributed by atoms with E-state index >= 15 is 0 Å². The Morgan fingerprint density at radius 1 is 1.25 bits per heavy atom. The van der Waals surface area contributed by atoms with E-state index in [-0.39, 0.29) is 17.9 Å². The van der Waals surface area contributed by atoms with Crippen molar-refractivity contribution in [2.24, 2.45) is 0 Å². The van der Waals surface area contributed by atoms with Gasteiger partial charge in [-0.1, -0.05) is 18.2 Å². The quantitative estimate of drug-likeness (QED) is 0.846. The molecular formula is C17H20N2O4S. The molecule has 1 amide bonds. The molecule has 2 aromatic rings. The van der Waals surface area contributed by atoms with Gasteiger partial charge in [0, 0.05) is 24.0 Å². The zero-order valence-corrected chi connectivity index (χ0v) is 14.5. The van der Waals surface area contributed by atoms with Crippen LogP contribution in [0.15, 0.2) is 29.1 Å². The van der Waals surface area contributed by atoms with Gasteiger partial charge in [-0.3, -0.25) is 9.59 Å². The number of aromatic amines is 1. The molecule has 1 aromatic carbocycles. The van der Waals surface area contributed by atoms with Crippen molar-refractivity contribution in [2.75, 3.05) is 18.8 Å². The Morgan fingerprint density at radius 3 is 2.71 bits per heavy atom. The number of para-hydroxylation sites is 1. The summed E-state index contributed by atoms with van der Waals surface area (Å²) in [6, 6.07) is 7.31. The van der Waals surface area contributed by atoms with Crippen LogP contribution in [0, 0.1) is 6.92 Å². The van der Waals surface area contributed by atoms with Crippen LogP contribution in [0.5, 0.6) is 0 Å². The highest BCUT2D eigenvalue weighted by molar-refractivity contribution is 7.92. The molecule has 1 atom stereocenters. The molecule has 24 heavy (non-hydrogen) atoms. The molecule has 1 aliphatic rings. The van der Waals surface area contributed by atoms with Crippen LogP contribution in [0.1, 0.15) is 29.3 Å². The number of nitrogens with zero attached hydrogens (tertiary/aromatic N) is 1. The monoisotopic (exact) mass is 348 g/mol. The summed E-state index contributed by atoms with van der Waals surface area (Å²) in [6.45, 7) is 3.88. The highest BCUT2D eigenvalue weighted by atomic mass is 32.2. The van der Waals surface area contributed by atoms with E-state index in [1.807, 2.05) is 18.2 Å². The topological polar surface area (TPSA) is 87.3 Å². The summed E-state index contributed by atoms with van der Waals surface area (Å²) in [6.07, 6.45) is 0.388. The zero-order valence-electron chi connectivity index (χ0n) is 13.7. The molecule has 6 nitrogen and oxygen atoms in total. The van der Waals surface area contributed by atoms with E-state index in [1.54, 1.807) is 19.9 Å². The van der Waals surface area contributed by atoms with E-state index in [1.165, 1.54) is 4.90 Å². The SMILES string of the molecule is Cc1c(C(=O)N2CC[C@@H](C)S(=O)(=O)CC2)c(=O)[nH]c2ccccc12. The van der Waals surface area contributed by atoms with E-state index < -0.39 is 26.6 Å². The number of carbonyl (C=O) groups is 1. The largest absolute Gasteiger partial charge is 0.337 e. The Hall–Kier alpha value is -2.15. The third-order valence-corrected chi connectivity index (χ3v) is 6.96. The first-order valence-electron chi connectivity index (χ1n) is 7.93. The molecule has 0 aliphatic carbocycles. The van der Waals surface area contributed by atoms with Gasteiger partial charge in [-0.2, -0.15) is 0 Å². The van der Waals surface area contributed by atoms with E-state index in [2.05, 4.69) is 4.98 Å². The normalized spacial score (nSPS) is 20.8. The molecule has 0 bridgehead atoms. The van der Waals surface area contributed by atoms with Gasteiger partial charge in [0.2, 0.25) is 0 Å². The Balaban J connectivity index is 2.02. The number of amides is 1. The summed E-state index contributed by atoms with van der Waals surface area (Å²) in [7, 11) is -3.18. The minimum absolute atomic E-state index is 0.0650. The number of carbonyl (C=O) groups excluding carboxylic acids is 1. The molecule has 2 heterocycles. The summed E-state index contributed by atoms with van der Waals surface area (Å²) >= 11 is 0. The van der Waals surface area contributed by atoms with Crippen LogP contribution in [0.2, 0.25) is 0 Å². The lowest BCUT2D eigenvalue weighted by molar-refractivity contribution is 0.0764. The molecule has 1 aromatic heterocycles. The highest BCUT2D eigenvalue weighted by Crippen LogP contribution is 2.20. The molecule has 0 radical (unpaired) electrons. The third kappa shape index (κ3) is 2.84. The van der Waals surface area contributed by atoms with Crippen LogP contribution >= 0.6 is 0 Å². The standard InChI is InChI=1S/C17H20N2O4S/c1-11-7-8-19(9-10-24(11,22)23)17(21)15-12(2)13-5-3-4-6-14(13)18-16(15)20/h3-6,11H,7-10H2,1-2H3,(H,18,20)/t11-/m1/s1. The van der Waals surface area contributed by atoms with Gasteiger partial charge in [-0.25, -0.2) is 8.42 Å². The number of aryl methyl sites for hydroxylation is 1. The van der Waals surface area contributed by atoms with Crippen molar-refractivity contribution < 1.29 is 13.2 Å². The molecular weight excluding hydrogens is 328 g/mol. The summed E-state index contributed by atoms with van der Waals surface area (Å²) < 4.78 is 24.0. The van der Waals surface area contributed by atoms with E-state index in [0.717, 1.165) is 5.39 Å². The minimum atomic E-state index is -3.18. The van der Waals surface area contributed by atoms with Crippen molar-refractivity contribution in [3.05, 3.63) is 45.7 Å². The molecule has 1 fully saturated rings. The number of H-pyrrole nitrogens is 1. The minimum Gasteiger partial charge on any atom is -0.337 e. The molecule has 7 heteroatoms. The molecule has 1 saturated heterocycles. The maximum absolute atomic E-state index is 12.9. The maximum Gasteiger partial charge on any atom is 0.261 e. The van der Waals surface area contributed by atoms with Crippen molar-refractivity contribution in [3.8, 4) is 0 Å². The van der Waals surface area contributed by atoms with E-state index in [0.29, 0.717) is 24.0 Å². The molecule has 0 spiro atoms. The third-order valence-electron chi connectivity index (χ3n) is 4.75. The van der Waals surface area contributed by atoms with Crippen molar-refractivity contribution >= 4 is 26.6 Å². The maximum atomic E-state index is 12.9. The van der Waals surface area contributed by atoms with Gasteiger partial charge >= 0.3 is 0 Å². The number of nitrogens with one attached hydrogen (secondary N) is 1. The van der Waals surface area contributed by atoms with Gasteiger partial charge in [0.25, 0.3) is 11.5 Å². The number of sulfone groups is 1. The average molecular weight is 348 g/mol. The summed E-state index contributed by atoms with van der Waals surface area (Å²) in [5.41, 5.74) is 0.972. The van der Waals surface area contributed by atoms with Crippen LogP contribution in [-0.2, 0) is 9.84 Å². The lowest BCUT2D eigenvalue weighted by Gasteiger charge is -2.20. The van der Waals surface area contributed by atoms with E-state index in [9.17, 15) is 18.0 Å². The van der Waals surface area contributed by atoms with Crippen LogP contribution in [-0.4, -0.2) is 48.3 Å². The molecule has 3 rings (SSSR count). The van der Waals surface area contributed by atoms with Crippen molar-refractivity contribution in [3.63, 3.8) is 0 Å². The van der Waals surface area contributed by atoms with Gasteiger partial charge in [0.05, 0.1) is 11.0 Å². The van der Waals surface area contributed by atoms with Crippen molar-refractivity contribution in [1.29, 1.82) is 0 Å². The summed E-state index contributed by atoms with van der Waals surface area (Å²) in [5, 5.41) is 0.350. The Kier molecular flexibility index (Phi) is 4.21. The summed E-state index contributed by atoms with van der Waals surface area (Å²) in [5.74, 6) is -0.464. The second kappa shape index (κ2) is 6.05.